The average Bonchev–Trinajstić information content (AvgIpc) is 2.79. The molecular formula is C27H24FN3O. The van der Waals surface area contributed by atoms with Gasteiger partial charge in [-0.15, -0.1) is 0 Å². The van der Waals surface area contributed by atoms with Crippen molar-refractivity contribution in [2.75, 3.05) is 0 Å². The highest BCUT2D eigenvalue weighted by molar-refractivity contribution is 6.01. The lowest BCUT2D eigenvalue weighted by Gasteiger charge is -2.13. The minimum absolute atomic E-state index is 0.246. The minimum atomic E-state index is -0.260. The van der Waals surface area contributed by atoms with E-state index in [1.165, 1.54) is 6.07 Å². The molecule has 2 heterocycles. The van der Waals surface area contributed by atoms with E-state index >= 15 is 0 Å². The van der Waals surface area contributed by atoms with Crippen LogP contribution in [0.1, 0.15) is 32.6 Å². The average molecular weight is 426 g/mol. The summed E-state index contributed by atoms with van der Waals surface area (Å²) >= 11 is 0. The summed E-state index contributed by atoms with van der Waals surface area (Å²) in [5.74, 6) is -0.506. The Morgan fingerprint density at radius 3 is 2.38 bits per heavy atom. The van der Waals surface area contributed by atoms with Gasteiger partial charge in [-0.25, -0.2) is 4.39 Å². The smallest absolute Gasteiger partial charge is 0.253 e. The molecule has 0 radical (unpaired) electrons. The van der Waals surface area contributed by atoms with E-state index in [1.54, 1.807) is 37.6 Å². The number of nitrogens with one attached hydrogen (secondary N) is 1. The lowest BCUT2D eigenvalue weighted by Crippen LogP contribution is -2.24. The molecule has 0 aliphatic carbocycles. The highest BCUT2D eigenvalue weighted by Gasteiger charge is 2.16. The first-order valence-electron chi connectivity index (χ1n) is 10.4. The van der Waals surface area contributed by atoms with Crippen LogP contribution >= 0.6 is 0 Å². The first-order valence-corrected chi connectivity index (χ1v) is 10.4. The fourth-order valence-electron chi connectivity index (χ4n) is 3.76. The van der Waals surface area contributed by atoms with Crippen LogP contribution in [0.3, 0.4) is 0 Å². The maximum absolute atomic E-state index is 13.6. The molecule has 4 aromatic rings. The number of rotatable bonds is 5. The first-order chi connectivity index (χ1) is 15.4. The van der Waals surface area contributed by atoms with Crippen LogP contribution in [0.5, 0.6) is 0 Å². The van der Waals surface area contributed by atoms with Gasteiger partial charge in [0.2, 0.25) is 0 Å². The van der Waals surface area contributed by atoms with Gasteiger partial charge in [0.15, 0.2) is 0 Å². The summed E-state index contributed by atoms with van der Waals surface area (Å²) in [6, 6.07) is 16.7. The molecule has 4 rings (SSSR count). The monoisotopic (exact) mass is 425 g/mol. The number of benzene rings is 2. The molecule has 5 heteroatoms. The number of carbonyl (C=O) groups excluding carboxylic acids is 1. The normalized spacial score (nSPS) is 10.8. The predicted molar refractivity (Wildman–Crippen MR) is 125 cm³/mol. The topological polar surface area (TPSA) is 54.9 Å². The van der Waals surface area contributed by atoms with Crippen molar-refractivity contribution in [1.29, 1.82) is 0 Å². The van der Waals surface area contributed by atoms with Gasteiger partial charge >= 0.3 is 0 Å². The molecular weight excluding hydrogens is 401 g/mol. The van der Waals surface area contributed by atoms with Crippen molar-refractivity contribution in [3.8, 4) is 22.4 Å². The molecule has 2 aromatic heterocycles. The summed E-state index contributed by atoms with van der Waals surface area (Å²) in [4.78, 5) is 22.0. The Labute approximate surface area is 187 Å². The Hall–Kier alpha value is -3.86. The van der Waals surface area contributed by atoms with Crippen molar-refractivity contribution < 1.29 is 9.18 Å². The quantitative estimate of drug-likeness (QED) is 0.439. The molecule has 1 amide bonds. The van der Waals surface area contributed by atoms with Crippen molar-refractivity contribution in [1.82, 2.24) is 15.3 Å². The Bertz CT molecular complexity index is 1270. The zero-order valence-electron chi connectivity index (χ0n) is 18.3. The number of amides is 1. The van der Waals surface area contributed by atoms with Crippen molar-refractivity contribution in [2.24, 2.45) is 0 Å². The molecule has 0 saturated heterocycles. The zero-order valence-corrected chi connectivity index (χ0v) is 18.3. The van der Waals surface area contributed by atoms with Crippen LogP contribution in [0.25, 0.3) is 22.4 Å². The van der Waals surface area contributed by atoms with Gasteiger partial charge in [0, 0.05) is 36.3 Å². The fourth-order valence-corrected chi connectivity index (χ4v) is 3.76. The van der Waals surface area contributed by atoms with E-state index in [0.717, 1.165) is 33.4 Å². The third-order valence-corrected chi connectivity index (χ3v) is 5.30. The van der Waals surface area contributed by atoms with Crippen LogP contribution in [-0.2, 0) is 6.54 Å². The number of pyridine rings is 2. The lowest BCUT2D eigenvalue weighted by molar-refractivity contribution is 0.0951. The third-order valence-electron chi connectivity index (χ3n) is 5.30. The number of hydrogen-bond acceptors (Lipinski definition) is 3. The molecule has 0 atom stereocenters. The lowest BCUT2D eigenvalue weighted by atomic mass is 9.98. The SMILES string of the molecule is Cc1cc(C)cc(-c2cnc(-c3cccnc3)c(C(=O)NCc3ccc(F)c(C)c3)c2)c1. The van der Waals surface area contributed by atoms with E-state index in [9.17, 15) is 9.18 Å². The molecule has 0 saturated carbocycles. The van der Waals surface area contributed by atoms with E-state index < -0.39 is 0 Å². The fraction of sp³-hybridized carbons (Fsp3) is 0.148. The van der Waals surface area contributed by atoms with Crippen LogP contribution in [0.4, 0.5) is 4.39 Å². The van der Waals surface area contributed by atoms with Crippen molar-refractivity contribution >= 4 is 5.91 Å². The Morgan fingerprint density at radius 1 is 0.906 bits per heavy atom. The van der Waals surface area contributed by atoms with E-state index in [4.69, 9.17) is 0 Å². The largest absolute Gasteiger partial charge is 0.348 e. The number of aromatic nitrogens is 2. The number of carbonyl (C=O) groups is 1. The molecule has 0 aliphatic rings. The Balaban J connectivity index is 1.71. The summed E-state index contributed by atoms with van der Waals surface area (Å²) in [6.45, 7) is 6.09. The van der Waals surface area contributed by atoms with Gasteiger partial charge in [0.1, 0.15) is 5.82 Å². The second-order valence-corrected chi connectivity index (χ2v) is 8.00. The molecule has 2 aromatic carbocycles. The van der Waals surface area contributed by atoms with Gasteiger partial charge in [-0.05, 0) is 61.7 Å². The van der Waals surface area contributed by atoms with Crippen molar-refractivity contribution in [3.05, 3.63) is 107 Å². The summed E-state index contributed by atoms with van der Waals surface area (Å²) in [5, 5.41) is 2.95. The number of aryl methyl sites for hydroxylation is 3. The highest BCUT2D eigenvalue weighted by atomic mass is 19.1. The van der Waals surface area contributed by atoms with Gasteiger partial charge in [-0.2, -0.15) is 0 Å². The summed E-state index contributed by atoms with van der Waals surface area (Å²) in [6.07, 6.45) is 5.17. The molecule has 0 spiro atoms. The first kappa shape index (κ1) is 21.4. The van der Waals surface area contributed by atoms with Gasteiger partial charge in [-0.1, -0.05) is 41.5 Å². The third kappa shape index (κ3) is 4.72. The molecule has 0 bridgehead atoms. The second kappa shape index (κ2) is 9.10. The highest BCUT2D eigenvalue weighted by Crippen LogP contribution is 2.28. The molecule has 160 valence electrons. The van der Waals surface area contributed by atoms with Crippen LogP contribution in [0, 0.1) is 26.6 Å². The maximum Gasteiger partial charge on any atom is 0.253 e. The van der Waals surface area contributed by atoms with Crippen LogP contribution in [0.2, 0.25) is 0 Å². The summed E-state index contributed by atoms with van der Waals surface area (Å²) in [5.41, 5.74) is 7.35. The Kier molecular flexibility index (Phi) is 6.08. The maximum atomic E-state index is 13.6. The second-order valence-electron chi connectivity index (χ2n) is 8.00. The van der Waals surface area contributed by atoms with Gasteiger partial charge in [0.25, 0.3) is 5.91 Å². The standard InChI is InChI=1S/C27H24FN3O/c1-17-9-18(2)11-22(10-17)23-13-24(26(30-16-23)21-5-4-8-29-15-21)27(32)31-14-20-6-7-25(28)19(3)12-20/h4-13,15-16H,14H2,1-3H3,(H,31,32). The molecule has 32 heavy (non-hydrogen) atoms. The van der Waals surface area contributed by atoms with Crippen LogP contribution < -0.4 is 5.32 Å². The minimum Gasteiger partial charge on any atom is -0.348 e. The van der Waals surface area contributed by atoms with Crippen LogP contribution in [-0.4, -0.2) is 15.9 Å². The molecule has 4 nitrogen and oxygen atoms in total. The number of hydrogen-bond donors (Lipinski definition) is 1. The van der Waals surface area contributed by atoms with E-state index in [0.29, 0.717) is 23.4 Å². The van der Waals surface area contributed by atoms with Gasteiger partial charge in [-0.3, -0.25) is 14.8 Å². The van der Waals surface area contributed by atoms with Crippen molar-refractivity contribution in [3.63, 3.8) is 0 Å². The van der Waals surface area contributed by atoms with Crippen LogP contribution in [0.15, 0.2) is 73.2 Å². The predicted octanol–water partition coefficient (Wildman–Crippen LogP) is 5.80. The van der Waals surface area contributed by atoms with Crippen molar-refractivity contribution in [2.45, 2.75) is 27.3 Å². The summed E-state index contributed by atoms with van der Waals surface area (Å²) < 4.78 is 13.6. The van der Waals surface area contributed by atoms with E-state index in [-0.39, 0.29) is 11.7 Å². The molecule has 0 unspecified atom stereocenters. The Morgan fingerprint density at radius 2 is 1.69 bits per heavy atom. The number of nitrogens with zero attached hydrogens (tertiary/aromatic N) is 2. The van der Waals surface area contributed by atoms with Gasteiger partial charge < -0.3 is 5.32 Å². The molecule has 0 aliphatic heterocycles. The van der Waals surface area contributed by atoms with Gasteiger partial charge in [0.05, 0.1) is 11.3 Å². The summed E-state index contributed by atoms with van der Waals surface area (Å²) in [7, 11) is 0. The van der Waals surface area contributed by atoms with E-state index in [1.807, 2.05) is 32.0 Å². The zero-order chi connectivity index (χ0) is 22.7. The van der Waals surface area contributed by atoms with E-state index in [2.05, 4.69) is 33.5 Å². The molecule has 0 fully saturated rings. The number of halogens is 1. The molecule has 1 N–H and O–H groups in total.